The molecule has 0 spiro atoms. The van der Waals surface area contributed by atoms with Crippen LogP contribution in [0.4, 0.5) is 5.69 Å². The van der Waals surface area contributed by atoms with E-state index < -0.39 is 0 Å². The molecule has 2 aliphatic rings. The predicted molar refractivity (Wildman–Crippen MR) is 113 cm³/mol. The van der Waals surface area contributed by atoms with Crippen molar-refractivity contribution in [2.75, 3.05) is 19.0 Å². The summed E-state index contributed by atoms with van der Waals surface area (Å²) in [6, 6.07) is 15.4. The normalized spacial score (nSPS) is 19.3. The number of hydrogen-bond acceptors (Lipinski definition) is 3. The molecule has 0 bridgehead atoms. The number of amides is 2. The molecule has 2 aromatic carbocycles. The molecule has 1 aliphatic heterocycles. The van der Waals surface area contributed by atoms with Crippen LogP contribution in [0, 0.1) is 5.92 Å². The first kappa shape index (κ1) is 19.5. The van der Waals surface area contributed by atoms with Gasteiger partial charge in [0.1, 0.15) is 5.75 Å². The molecule has 2 amide bonds. The third kappa shape index (κ3) is 4.61. The van der Waals surface area contributed by atoms with Gasteiger partial charge in [-0.05, 0) is 67.6 Å². The maximum Gasteiger partial charge on any atom is 0.254 e. The van der Waals surface area contributed by atoms with E-state index in [1.54, 1.807) is 7.11 Å². The Bertz CT molecular complexity index is 857. The Balaban J connectivity index is 1.51. The third-order valence-corrected chi connectivity index (χ3v) is 5.86. The number of ether oxygens (including phenoxy) is 1. The zero-order chi connectivity index (χ0) is 20.2. The van der Waals surface area contributed by atoms with E-state index in [-0.39, 0.29) is 23.8 Å². The van der Waals surface area contributed by atoms with Crippen molar-refractivity contribution < 1.29 is 14.3 Å². The van der Waals surface area contributed by atoms with Crippen LogP contribution in [0.5, 0.6) is 5.75 Å². The van der Waals surface area contributed by atoms with Crippen molar-refractivity contribution in [2.24, 2.45) is 5.92 Å². The van der Waals surface area contributed by atoms with Gasteiger partial charge in [0.05, 0.1) is 13.2 Å². The van der Waals surface area contributed by atoms with Gasteiger partial charge in [0.2, 0.25) is 5.91 Å². The Labute approximate surface area is 172 Å². The van der Waals surface area contributed by atoms with Crippen molar-refractivity contribution in [1.82, 2.24) is 4.90 Å². The van der Waals surface area contributed by atoms with Crippen molar-refractivity contribution in [1.29, 1.82) is 0 Å². The van der Waals surface area contributed by atoms with E-state index in [0.29, 0.717) is 5.56 Å². The molecule has 1 saturated heterocycles. The zero-order valence-electron chi connectivity index (χ0n) is 16.9. The zero-order valence-corrected chi connectivity index (χ0v) is 16.9. The van der Waals surface area contributed by atoms with Gasteiger partial charge in [-0.3, -0.25) is 9.59 Å². The number of nitrogens with zero attached hydrogens (tertiary/aromatic N) is 1. The van der Waals surface area contributed by atoms with Crippen LogP contribution in [0.2, 0.25) is 0 Å². The molecule has 1 aliphatic carbocycles. The summed E-state index contributed by atoms with van der Waals surface area (Å²) in [4.78, 5) is 27.3. The van der Waals surface area contributed by atoms with E-state index in [0.717, 1.165) is 62.1 Å². The van der Waals surface area contributed by atoms with E-state index >= 15 is 0 Å². The monoisotopic (exact) mass is 392 g/mol. The molecule has 0 unspecified atom stereocenters. The van der Waals surface area contributed by atoms with Gasteiger partial charge >= 0.3 is 0 Å². The topological polar surface area (TPSA) is 58.6 Å². The number of benzene rings is 2. The van der Waals surface area contributed by atoms with Crippen molar-refractivity contribution in [2.45, 2.75) is 44.6 Å². The van der Waals surface area contributed by atoms with Crippen molar-refractivity contribution in [3.8, 4) is 5.75 Å². The van der Waals surface area contributed by atoms with Gasteiger partial charge in [-0.1, -0.05) is 25.0 Å². The first-order valence-electron chi connectivity index (χ1n) is 10.5. The fourth-order valence-electron chi connectivity index (χ4n) is 3.98. The fourth-order valence-corrected chi connectivity index (χ4v) is 3.98. The Morgan fingerprint density at radius 2 is 1.66 bits per heavy atom. The Kier molecular flexibility index (Phi) is 5.84. The Morgan fingerprint density at radius 1 is 0.931 bits per heavy atom. The van der Waals surface area contributed by atoms with Crippen LogP contribution in [0.25, 0.3) is 0 Å². The van der Waals surface area contributed by atoms with Crippen LogP contribution in [0.3, 0.4) is 0 Å². The Hall–Kier alpha value is -2.82. The van der Waals surface area contributed by atoms with Crippen molar-refractivity contribution in [3.05, 3.63) is 59.7 Å². The molecule has 5 nitrogen and oxygen atoms in total. The number of nitrogens with one attached hydrogen (secondary N) is 1. The molecule has 152 valence electrons. The average molecular weight is 392 g/mol. The van der Waals surface area contributed by atoms with Crippen LogP contribution in [0.1, 0.15) is 60.5 Å². The molecule has 1 atom stereocenters. The SMILES string of the molecule is COc1ccc([C@@H]2CCCCCN2C(=O)c2ccc(NC(=O)C3CC3)cc2)cc1. The summed E-state index contributed by atoms with van der Waals surface area (Å²) in [7, 11) is 1.66. The summed E-state index contributed by atoms with van der Waals surface area (Å²) in [5, 5.41) is 2.93. The second-order valence-corrected chi connectivity index (χ2v) is 7.98. The largest absolute Gasteiger partial charge is 0.497 e. The Morgan fingerprint density at radius 3 is 2.31 bits per heavy atom. The molecule has 1 N–H and O–H groups in total. The van der Waals surface area contributed by atoms with Gasteiger partial charge in [0, 0.05) is 23.7 Å². The molecule has 2 aromatic rings. The highest BCUT2D eigenvalue weighted by Crippen LogP contribution is 2.33. The van der Waals surface area contributed by atoms with Crippen molar-refractivity contribution >= 4 is 17.5 Å². The molecule has 29 heavy (non-hydrogen) atoms. The summed E-state index contributed by atoms with van der Waals surface area (Å²) in [5.41, 5.74) is 2.56. The summed E-state index contributed by atoms with van der Waals surface area (Å²) in [6.45, 7) is 0.760. The number of anilines is 1. The van der Waals surface area contributed by atoms with Gasteiger partial charge < -0.3 is 15.0 Å². The second kappa shape index (κ2) is 8.68. The van der Waals surface area contributed by atoms with Crippen LogP contribution in [-0.4, -0.2) is 30.4 Å². The van der Waals surface area contributed by atoms with Crippen LogP contribution in [-0.2, 0) is 4.79 Å². The maximum atomic E-state index is 13.3. The van der Waals surface area contributed by atoms with E-state index in [2.05, 4.69) is 17.4 Å². The molecule has 4 rings (SSSR count). The molecular formula is C24H28N2O3. The second-order valence-electron chi connectivity index (χ2n) is 7.98. The first-order valence-corrected chi connectivity index (χ1v) is 10.5. The predicted octanol–water partition coefficient (Wildman–Crippen LogP) is 4.80. The average Bonchev–Trinajstić information content (AvgIpc) is 3.61. The highest BCUT2D eigenvalue weighted by atomic mass is 16.5. The summed E-state index contributed by atoms with van der Waals surface area (Å²) in [5.74, 6) is 1.12. The van der Waals surface area contributed by atoms with Crippen molar-refractivity contribution in [3.63, 3.8) is 0 Å². The minimum Gasteiger partial charge on any atom is -0.497 e. The molecule has 0 aromatic heterocycles. The molecule has 0 radical (unpaired) electrons. The van der Waals surface area contributed by atoms with Gasteiger partial charge in [0.25, 0.3) is 5.91 Å². The maximum absolute atomic E-state index is 13.3. The standard InChI is InChI=1S/C24H28N2O3/c1-29-21-14-10-17(11-15-21)22-5-3-2-4-16-26(22)24(28)19-8-12-20(13-9-19)25-23(27)18-6-7-18/h8-15,18,22H,2-7,16H2,1H3,(H,25,27)/t22-/m0/s1. The van der Waals surface area contributed by atoms with Crippen LogP contribution in [0.15, 0.2) is 48.5 Å². The van der Waals surface area contributed by atoms with E-state index in [1.807, 2.05) is 41.3 Å². The number of methoxy groups -OCH3 is 1. The lowest BCUT2D eigenvalue weighted by Crippen LogP contribution is -2.34. The summed E-state index contributed by atoms with van der Waals surface area (Å²) in [6.07, 6.45) is 6.20. The van der Waals surface area contributed by atoms with E-state index in [4.69, 9.17) is 4.74 Å². The summed E-state index contributed by atoms with van der Waals surface area (Å²) < 4.78 is 5.27. The molecule has 1 heterocycles. The number of carbonyl (C=O) groups is 2. The minimum atomic E-state index is 0.0489. The van der Waals surface area contributed by atoms with Gasteiger partial charge in [-0.15, -0.1) is 0 Å². The number of likely N-dealkylation sites (tertiary alicyclic amines) is 1. The van der Waals surface area contributed by atoms with E-state index in [9.17, 15) is 9.59 Å². The lowest BCUT2D eigenvalue weighted by Gasteiger charge is -2.31. The smallest absolute Gasteiger partial charge is 0.254 e. The highest BCUT2D eigenvalue weighted by molar-refractivity contribution is 5.97. The van der Waals surface area contributed by atoms with Gasteiger partial charge in [-0.25, -0.2) is 0 Å². The lowest BCUT2D eigenvalue weighted by molar-refractivity contribution is -0.117. The highest BCUT2D eigenvalue weighted by Gasteiger charge is 2.30. The number of rotatable bonds is 5. The molecule has 5 heteroatoms. The molecule has 2 fully saturated rings. The number of hydrogen-bond donors (Lipinski definition) is 1. The van der Waals surface area contributed by atoms with E-state index in [1.165, 1.54) is 0 Å². The van der Waals surface area contributed by atoms with Crippen LogP contribution >= 0.6 is 0 Å². The first-order chi connectivity index (χ1) is 14.2. The fraction of sp³-hybridized carbons (Fsp3) is 0.417. The summed E-state index contributed by atoms with van der Waals surface area (Å²) >= 11 is 0. The quantitative estimate of drug-likeness (QED) is 0.795. The number of carbonyl (C=O) groups excluding carboxylic acids is 2. The minimum absolute atomic E-state index is 0.0489. The van der Waals surface area contributed by atoms with Gasteiger partial charge in [-0.2, -0.15) is 0 Å². The van der Waals surface area contributed by atoms with Gasteiger partial charge in [0.15, 0.2) is 0 Å². The third-order valence-electron chi connectivity index (χ3n) is 5.86. The molecule has 1 saturated carbocycles. The lowest BCUT2D eigenvalue weighted by atomic mass is 10.00. The van der Waals surface area contributed by atoms with Crippen LogP contribution < -0.4 is 10.1 Å². The molecular weight excluding hydrogens is 364 g/mol.